The molecule has 0 atom stereocenters. The zero-order valence-electron chi connectivity index (χ0n) is 9.79. The summed E-state index contributed by atoms with van der Waals surface area (Å²) in [6.45, 7) is 2.04. The van der Waals surface area contributed by atoms with Crippen molar-refractivity contribution in [2.45, 2.75) is 26.2 Å². The summed E-state index contributed by atoms with van der Waals surface area (Å²) in [7, 11) is 0. The molecule has 0 unspecified atom stereocenters. The van der Waals surface area contributed by atoms with E-state index in [2.05, 4.69) is 9.97 Å². The Kier molecular flexibility index (Phi) is 2.32. The third-order valence-electron chi connectivity index (χ3n) is 3.23. The van der Waals surface area contributed by atoms with Gasteiger partial charge in [0.2, 0.25) is 0 Å². The van der Waals surface area contributed by atoms with Crippen LogP contribution in [0.15, 0.2) is 29.1 Å². The van der Waals surface area contributed by atoms with Crippen LogP contribution in [-0.4, -0.2) is 9.97 Å². The normalized spacial score (nSPS) is 13.7. The predicted molar refractivity (Wildman–Crippen MR) is 67.1 cm³/mol. The van der Waals surface area contributed by atoms with Crippen molar-refractivity contribution in [3.05, 3.63) is 51.4 Å². The lowest BCUT2D eigenvalue weighted by Gasteiger charge is -2.04. The summed E-state index contributed by atoms with van der Waals surface area (Å²) < 4.78 is 0. The van der Waals surface area contributed by atoms with Crippen LogP contribution in [-0.2, 0) is 12.8 Å². The number of nitrogens with zero attached hydrogens (tertiary/aromatic N) is 1. The Morgan fingerprint density at radius 2 is 2.18 bits per heavy atom. The molecule has 1 heterocycles. The SMILES string of the molecule is Cc1cccc(-c2nc3c(c(=O)[nH]2)CCC3)c1. The maximum atomic E-state index is 11.9. The van der Waals surface area contributed by atoms with E-state index in [1.54, 1.807) is 0 Å². The molecule has 17 heavy (non-hydrogen) atoms. The summed E-state index contributed by atoms with van der Waals surface area (Å²) in [5, 5.41) is 0. The number of hydrogen-bond acceptors (Lipinski definition) is 2. The Morgan fingerprint density at radius 1 is 1.29 bits per heavy atom. The average molecular weight is 226 g/mol. The highest BCUT2D eigenvalue weighted by Crippen LogP contribution is 2.20. The first kappa shape index (κ1) is 10.3. The number of benzene rings is 1. The van der Waals surface area contributed by atoms with E-state index < -0.39 is 0 Å². The largest absolute Gasteiger partial charge is 0.306 e. The molecule has 3 nitrogen and oxygen atoms in total. The number of hydrogen-bond donors (Lipinski definition) is 1. The van der Waals surface area contributed by atoms with E-state index in [1.165, 1.54) is 5.56 Å². The molecular weight excluding hydrogens is 212 g/mol. The molecule has 3 heteroatoms. The smallest absolute Gasteiger partial charge is 0.254 e. The van der Waals surface area contributed by atoms with Crippen molar-refractivity contribution in [3.63, 3.8) is 0 Å². The van der Waals surface area contributed by atoms with Gasteiger partial charge in [-0.05, 0) is 32.3 Å². The Hall–Kier alpha value is -1.90. The van der Waals surface area contributed by atoms with Gasteiger partial charge >= 0.3 is 0 Å². The molecule has 1 aromatic heterocycles. The van der Waals surface area contributed by atoms with E-state index in [0.29, 0.717) is 5.82 Å². The second kappa shape index (κ2) is 3.84. The summed E-state index contributed by atoms with van der Waals surface area (Å²) in [5.41, 5.74) is 4.04. The Bertz CT molecular complexity index is 628. The Labute approximate surface area is 99.5 Å². The molecule has 0 bridgehead atoms. The quantitative estimate of drug-likeness (QED) is 0.810. The van der Waals surface area contributed by atoms with Gasteiger partial charge in [-0.1, -0.05) is 23.8 Å². The Balaban J connectivity index is 2.16. The second-order valence-corrected chi connectivity index (χ2v) is 4.56. The lowest BCUT2D eigenvalue weighted by Crippen LogP contribution is -2.15. The van der Waals surface area contributed by atoms with Crippen LogP contribution in [0.3, 0.4) is 0 Å². The molecule has 0 fully saturated rings. The van der Waals surface area contributed by atoms with Gasteiger partial charge in [-0.2, -0.15) is 0 Å². The molecule has 86 valence electrons. The second-order valence-electron chi connectivity index (χ2n) is 4.56. The lowest BCUT2D eigenvalue weighted by atomic mass is 10.1. The van der Waals surface area contributed by atoms with Crippen molar-refractivity contribution < 1.29 is 0 Å². The van der Waals surface area contributed by atoms with Crippen LogP contribution in [0, 0.1) is 6.92 Å². The van der Waals surface area contributed by atoms with Gasteiger partial charge in [-0.3, -0.25) is 4.79 Å². The van der Waals surface area contributed by atoms with Crippen LogP contribution in [0.2, 0.25) is 0 Å². The number of aryl methyl sites for hydroxylation is 2. The molecule has 1 N–H and O–H groups in total. The van der Waals surface area contributed by atoms with E-state index >= 15 is 0 Å². The van der Waals surface area contributed by atoms with Crippen molar-refractivity contribution in [3.8, 4) is 11.4 Å². The highest BCUT2D eigenvalue weighted by molar-refractivity contribution is 5.56. The number of rotatable bonds is 1. The number of nitrogens with one attached hydrogen (secondary N) is 1. The van der Waals surface area contributed by atoms with Gasteiger partial charge in [0.25, 0.3) is 5.56 Å². The zero-order valence-corrected chi connectivity index (χ0v) is 9.79. The minimum atomic E-state index is 0.0315. The topological polar surface area (TPSA) is 45.8 Å². The van der Waals surface area contributed by atoms with Gasteiger partial charge < -0.3 is 4.98 Å². The molecule has 1 aromatic carbocycles. The lowest BCUT2D eigenvalue weighted by molar-refractivity contribution is 0.899. The van der Waals surface area contributed by atoms with Crippen molar-refractivity contribution in [1.82, 2.24) is 9.97 Å². The molecule has 0 spiro atoms. The summed E-state index contributed by atoms with van der Waals surface area (Å²) in [4.78, 5) is 19.3. The van der Waals surface area contributed by atoms with Crippen LogP contribution < -0.4 is 5.56 Å². The third-order valence-corrected chi connectivity index (χ3v) is 3.23. The maximum Gasteiger partial charge on any atom is 0.254 e. The number of aromatic nitrogens is 2. The molecule has 0 saturated heterocycles. The minimum absolute atomic E-state index is 0.0315. The number of fused-ring (bicyclic) bond motifs is 1. The zero-order chi connectivity index (χ0) is 11.8. The van der Waals surface area contributed by atoms with Crippen LogP contribution in [0.4, 0.5) is 0 Å². The van der Waals surface area contributed by atoms with E-state index in [1.807, 2.05) is 31.2 Å². The van der Waals surface area contributed by atoms with Gasteiger partial charge in [0.15, 0.2) is 0 Å². The van der Waals surface area contributed by atoms with E-state index in [-0.39, 0.29) is 5.56 Å². The van der Waals surface area contributed by atoms with E-state index in [9.17, 15) is 4.79 Å². The number of aromatic amines is 1. The monoisotopic (exact) mass is 226 g/mol. The van der Waals surface area contributed by atoms with Crippen molar-refractivity contribution >= 4 is 0 Å². The van der Waals surface area contributed by atoms with Crippen LogP contribution in [0.5, 0.6) is 0 Å². The summed E-state index contributed by atoms with van der Waals surface area (Å²) in [6.07, 6.45) is 2.84. The first-order valence-corrected chi connectivity index (χ1v) is 5.93. The van der Waals surface area contributed by atoms with Gasteiger partial charge in [0.05, 0.1) is 5.69 Å². The Morgan fingerprint density at radius 3 is 3.00 bits per heavy atom. The van der Waals surface area contributed by atoms with Gasteiger partial charge in [-0.15, -0.1) is 0 Å². The molecule has 1 aliphatic rings. The summed E-state index contributed by atoms with van der Waals surface area (Å²) in [5.74, 6) is 0.694. The molecule has 3 rings (SSSR count). The number of H-pyrrole nitrogens is 1. The molecular formula is C14H14N2O. The highest BCUT2D eigenvalue weighted by Gasteiger charge is 2.17. The summed E-state index contributed by atoms with van der Waals surface area (Å²) >= 11 is 0. The molecule has 0 aliphatic heterocycles. The van der Waals surface area contributed by atoms with Crippen LogP contribution >= 0.6 is 0 Å². The predicted octanol–water partition coefficient (Wildman–Crippen LogP) is 2.23. The van der Waals surface area contributed by atoms with Crippen molar-refractivity contribution in [2.24, 2.45) is 0 Å². The van der Waals surface area contributed by atoms with Gasteiger partial charge in [-0.25, -0.2) is 4.98 Å². The molecule has 1 aliphatic carbocycles. The van der Waals surface area contributed by atoms with Gasteiger partial charge in [0, 0.05) is 11.1 Å². The first-order chi connectivity index (χ1) is 8.24. The van der Waals surface area contributed by atoms with Crippen molar-refractivity contribution in [2.75, 3.05) is 0 Å². The third kappa shape index (κ3) is 1.78. The van der Waals surface area contributed by atoms with Crippen LogP contribution in [0.25, 0.3) is 11.4 Å². The standard InChI is InChI=1S/C14H14N2O/c1-9-4-2-5-10(8-9)13-15-12-7-3-6-11(12)14(17)16-13/h2,4-5,8H,3,6-7H2,1H3,(H,15,16,17). The van der Waals surface area contributed by atoms with Gasteiger partial charge in [0.1, 0.15) is 5.82 Å². The fourth-order valence-electron chi connectivity index (χ4n) is 2.37. The fraction of sp³-hybridized carbons (Fsp3) is 0.286. The minimum Gasteiger partial charge on any atom is -0.306 e. The van der Waals surface area contributed by atoms with E-state index in [4.69, 9.17) is 0 Å². The van der Waals surface area contributed by atoms with Crippen molar-refractivity contribution in [1.29, 1.82) is 0 Å². The first-order valence-electron chi connectivity index (χ1n) is 5.93. The average Bonchev–Trinajstić information content (AvgIpc) is 2.77. The molecule has 0 radical (unpaired) electrons. The molecule has 0 amide bonds. The molecule has 2 aromatic rings. The van der Waals surface area contributed by atoms with E-state index in [0.717, 1.165) is 36.1 Å². The highest BCUT2D eigenvalue weighted by atomic mass is 16.1. The van der Waals surface area contributed by atoms with Crippen LogP contribution in [0.1, 0.15) is 23.2 Å². The molecule has 0 saturated carbocycles. The fourth-order valence-corrected chi connectivity index (χ4v) is 2.37. The summed E-state index contributed by atoms with van der Waals surface area (Å²) in [6, 6.07) is 8.04. The maximum absolute atomic E-state index is 11.9.